The molecule has 1 unspecified atom stereocenters. The zero-order chi connectivity index (χ0) is 21.8. The van der Waals surface area contributed by atoms with E-state index in [0.29, 0.717) is 19.0 Å². The summed E-state index contributed by atoms with van der Waals surface area (Å²) in [6.45, 7) is 5.41. The van der Waals surface area contributed by atoms with E-state index in [1.165, 1.54) is 23.8 Å². The van der Waals surface area contributed by atoms with Gasteiger partial charge in [0.05, 0.1) is 12.6 Å². The average Bonchev–Trinajstić information content (AvgIpc) is 3.46. The zero-order valence-corrected chi connectivity index (χ0v) is 17.6. The van der Waals surface area contributed by atoms with Gasteiger partial charge in [-0.05, 0) is 50.8 Å². The molecule has 4 rings (SSSR count). The third kappa shape index (κ3) is 4.09. The molecule has 10 heteroatoms. The molecule has 3 aliphatic rings. The van der Waals surface area contributed by atoms with Crippen LogP contribution in [-0.2, 0) is 15.6 Å². The molecule has 0 bridgehead atoms. The highest BCUT2D eigenvalue weighted by Crippen LogP contribution is 2.44. The first-order valence-electron chi connectivity index (χ1n) is 9.99. The van der Waals surface area contributed by atoms with E-state index in [9.17, 15) is 27.3 Å². The van der Waals surface area contributed by atoms with Crippen molar-refractivity contribution in [3.05, 3.63) is 23.8 Å². The Morgan fingerprint density at radius 2 is 1.97 bits per heavy atom. The molecule has 2 heterocycles. The van der Waals surface area contributed by atoms with Gasteiger partial charge in [0.25, 0.3) is 0 Å². The van der Waals surface area contributed by atoms with Gasteiger partial charge in [-0.15, -0.1) is 0 Å². The number of halogens is 3. The van der Waals surface area contributed by atoms with Gasteiger partial charge in [0.15, 0.2) is 10.8 Å². The molecule has 2 aliphatic heterocycles. The number of hydrogen-bond donors (Lipinski definition) is 1. The molecular weight excluding hydrogens is 421 g/mol. The number of aliphatic hydroxyl groups is 1. The van der Waals surface area contributed by atoms with E-state index in [-0.39, 0.29) is 23.8 Å². The molecule has 1 aliphatic carbocycles. The van der Waals surface area contributed by atoms with E-state index >= 15 is 0 Å². The fraction of sp³-hybridized carbons (Fsp3) is 0.650. The summed E-state index contributed by atoms with van der Waals surface area (Å²) in [6, 6.07) is 2.72. The van der Waals surface area contributed by atoms with Crippen molar-refractivity contribution in [2.75, 3.05) is 26.2 Å². The Bertz CT molecular complexity index is 872. The van der Waals surface area contributed by atoms with Crippen LogP contribution in [0.2, 0.25) is 0 Å². The Hall–Kier alpha value is -1.65. The van der Waals surface area contributed by atoms with Gasteiger partial charge in [0.1, 0.15) is 17.5 Å². The van der Waals surface area contributed by atoms with E-state index in [1.54, 1.807) is 13.8 Å². The molecular formula is C20H25F3N2O4S. The molecule has 0 spiro atoms. The lowest BCUT2D eigenvalue weighted by Gasteiger charge is -2.48. The maximum Gasteiger partial charge on any atom is 0.475 e. The first-order valence-corrected chi connectivity index (χ1v) is 11.1. The van der Waals surface area contributed by atoms with Crippen molar-refractivity contribution in [3.63, 3.8) is 0 Å². The maximum absolute atomic E-state index is 13.0. The molecule has 0 aromatic heterocycles. The molecule has 166 valence electrons. The Labute approximate surface area is 175 Å². The number of aliphatic hydroxyl groups excluding tert-OH is 1. The molecule has 1 amide bonds. The minimum Gasteiger partial charge on any atom is -0.485 e. The third-order valence-corrected chi connectivity index (χ3v) is 7.10. The number of amides is 1. The molecule has 1 N–H and O–H groups in total. The number of rotatable bonds is 4. The van der Waals surface area contributed by atoms with Crippen LogP contribution in [0.3, 0.4) is 0 Å². The standard InChI is InChI=1S/C20H25F3N2O4S/c1-19(2)18(27)17(25-8-7-24(11-16(25)26)10-12-3-4-12)14-9-13(5-6-15(14)29-19)30(28)20(21,22)23/h5-6,9,12,17-18,27H,3-4,7-8,10-11H2,1-2H3/t17-,18+,30?/m1/s1. The molecule has 1 aromatic carbocycles. The molecule has 3 atom stereocenters. The Morgan fingerprint density at radius 1 is 1.27 bits per heavy atom. The lowest BCUT2D eigenvalue weighted by Crippen LogP contribution is -2.59. The SMILES string of the molecule is CC1(C)Oc2ccc(S(=O)C(F)(F)F)cc2[C@@H](N2CCN(CC3CC3)CC2=O)[C@@H]1O. The van der Waals surface area contributed by atoms with E-state index in [1.807, 2.05) is 0 Å². The first kappa shape index (κ1) is 21.6. The lowest BCUT2D eigenvalue weighted by atomic mass is 9.85. The number of piperazine rings is 1. The predicted octanol–water partition coefficient (Wildman–Crippen LogP) is 2.44. The highest BCUT2D eigenvalue weighted by Gasteiger charge is 2.48. The number of ether oxygens (including phenoxy) is 1. The summed E-state index contributed by atoms with van der Waals surface area (Å²) in [6.07, 6.45) is 1.19. The monoisotopic (exact) mass is 446 g/mol. The van der Waals surface area contributed by atoms with Crippen LogP contribution in [0.15, 0.2) is 23.1 Å². The minimum absolute atomic E-state index is 0.183. The number of carbonyl (C=O) groups is 1. The Balaban J connectivity index is 1.66. The van der Waals surface area contributed by atoms with Crippen molar-refractivity contribution < 1.29 is 32.0 Å². The summed E-state index contributed by atoms with van der Waals surface area (Å²) in [5, 5.41) is 11.0. The van der Waals surface area contributed by atoms with Crippen LogP contribution in [0.25, 0.3) is 0 Å². The summed E-state index contributed by atoms with van der Waals surface area (Å²) in [5.74, 6) is 0.737. The van der Waals surface area contributed by atoms with Crippen molar-refractivity contribution >= 4 is 16.7 Å². The number of carbonyl (C=O) groups excluding carboxylic acids is 1. The van der Waals surface area contributed by atoms with Crippen LogP contribution in [0, 0.1) is 5.92 Å². The molecule has 2 fully saturated rings. The largest absolute Gasteiger partial charge is 0.485 e. The molecule has 1 saturated heterocycles. The van der Waals surface area contributed by atoms with Crippen molar-refractivity contribution in [3.8, 4) is 5.75 Å². The first-order chi connectivity index (χ1) is 14.0. The lowest BCUT2D eigenvalue weighted by molar-refractivity contribution is -0.150. The normalized spacial score (nSPS) is 28.1. The van der Waals surface area contributed by atoms with Gasteiger partial charge in [0.2, 0.25) is 5.91 Å². The van der Waals surface area contributed by atoms with E-state index in [2.05, 4.69) is 4.90 Å². The van der Waals surface area contributed by atoms with Gasteiger partial charge < -0.3 is 14.7 Å². The predicted molar refractivity (Wildman–Crippen MR) is 103 cm³/mol. The molecule has 1 aromatic rings. The number of fused-ring (bicyclic) bond motifs is 1. The van der Waals surface area contributed by atoms with Gasteiger partial charge in [-0.3, -0.25) is 9.69 Å². The highest BCUT2D eigenvalue weighted by molar-refractivity contribution is 7.86. The summed E-state index contributed by atoms with van der Waals surface area (Å²) in [5.41, 5.74) is -5.70. The Kier molecular flexibility index (Phi) is 5.39. The number of nitrogens with zero attached hydrogens (tertiary/aromatic N) is 2. The van der Waals surface area contributed by atoms with E-state index < -0.39 is 39.0 Å². The summed E-state index contributed by atoms with van der Waals surface area (Å²) in [7, 11) is -3.21. The second-order valence-corrected chi connectivity index (χ2v) is 10.2. The highest BCUT2D eigenvalue weighted by atomic mass is 32.2. The Morgan fingerprint density at radius 3 is 2.57 bits per heavy atom. The second kappa shape index (κ2) is 7.49. The van der Waals surface area contributed by atoms with Crippen molar-refractivity contribution in [1.82, 2.24) is 9.80 Å². The zero-order valence-electron chi connectivity index (χ0n) is 16.8. The topological polar surface area (TPSA) is 70.1 Å². The maximum atomic E-state index is 13.0. The van der Waals surface area contributed by atoms with E-state index in [0.717, 1.165) is 18.7 Å². The van der Waals surface area contributed by atoms with Crippen molar-refractivity contribution in [2.45, 2.75) is 54.8 Å². The van der Waals surface area contributed by atoms with Crippen molar-refractivity contribution in [1.29, 1.82) is 0 Å². The van der Waals surface area contributed by atoms with Gasteiger partial charge in [0, 0.05) is 30.1 Å². The average molecular weight is 446 g/mol. The summed E-state index contributed by atoms with van der Waals surface area (Å²) >= 11 is 0. The summed E-state index contributed by atoms with van der Waals surface area (Å²) < 4.78 is 56.6. The van der Waals surface area contributed by atoms with Crippen LogP contribution in [0.1, 0.15) is 38.3 Å². The molecule has 30 heavy (non-hydrogen) atoms. The third-order valence-electron chi connectivity index (χ3n) is 5.99. The summed E-state index contributed by atoms with van der Waals surface area (Å²) in [4.78, 5) is 16.1. The second-order valence-electron chi connectivity index (χ2n) is 8.77. The van der Waals surface area contributed by atoms with Crippen LogP contribution < -0.4 is 4.74 Å². The van der Waals surface area contributed by atoms with Gasteiger partial charge in [-0.1, -0.05) is 0 Å². The fourth-order valence-corrected chi connectivity index (χ4v) is 4.88. The minimum atomic E-state index is -4.90. The van der Waals surface area contributed by atoms with Crippen LogP contribution in [-0.4, -0.2) is 68.4 Å². The van der Waals surface area contributed by atoms with Crippen LogP contribution >= 0.6 is 0 Å². The van der Waals surface area contributed by atoms with Crippen molar-refractivity contribution in [2.24, 2.45) is 5.92 Å². The van der Waals surface area contributed by atoms with Gasteiger partial charge >= 0.3 is 5.51 Å². The number of alkyl halides is 3. The molecule has 0 radical (unpaired) electrons. The molecule has 1 saturated carbocycles. The van der Waals surface area contributed by atoms with E-state index in [4.69, 9.17) is 4.74 Å². The number of benzene rings is 1. The van der Waals surface area contributed by atoms with Gasteiger partial charge in [-0.2, -0.15) is 13.2 Å². The number of hydrogen-bond acceptors (Lipinski definition) is 5. The van der Waals surface area contributed by atoms with Gasteiger partial charge in [-0.25, -0.2) is 4.21 Å². The van der Waals surface area contributed by atoms with Crippen LogP contribution in [0.5, 0.6) is 5.75 Å². The molecule has 6 nitrogen and oxygen atoms in total. The smallest absolute Gasteiger partial charge is 0.475 e. The van der Waals surface area contributed by atoms with Crippen LogP contribution in [0.4, 0.5) is 13.2 Å². The fourth-order valence-electron chi connectivity index (χ4n) is 4.18. The quantitative estimate of drug-likeness (QED) is 0.770.